The molecular formula is C26H52. The monoisotopic (exact) mass is 364 g/mol. The molecule has 0 N–H and O–H groups in total. The van der Waals surface area contributed by atoms with E-state index in [1.165, 1.54) is 25.7 Å². The lowest BCUT2D eigenvalue weighted by Crippen LogP contribution is -2.41. The minimum Gasteiger partial charge on any atom is -0.0683 e. The molecule has 0 aromatic heterocycles. The zero-order chi connectivity index (χ0) is 20.1. The van der Waals surface area contributed by atoms with Gasteiger partial charge in [0.05, 0.1) is 0 Å². The van der Waals surface area contributed by atoms with Crippen LogP contribution in [0.2, 0.25) is 0 Å². The van der Waals surface area contributed by atoms with Crippen LogP contribution in [0.15, 0.2) is 0 Å². The summed E-state index contributed by atoms with van der Waals surface area (Å²) in [5.74, 6) is 6.55. The number of fused-ring (bicyclic) bond motifs is 4. The summed E-state index contributed by atoms with van der Waals surface area (Å²) in [6, 6.07) is 0. The summed E-state index contributed by atoms with van der Waals surface area (Å²) in [5.41, 5.74) is 1.16. The Bertz CT molecular complexity index is 355. The molecule has 0 spiro atoms. The normalized spacial score (nSPS) is 37.2. The maximum atomic E-state index is 2.41. The van der Waals surface area contributed by atoms with E-state index in [-0.39, 0.29) is 0 Å². The first-order chi connectivity index (χ1) is 12.1. The van der Waals surface area contributed by atoms with Gasteiger partial charge in [-0.1, -0.05) is 75.7 Å². The Kier molecular flexibility index (Phi) is 9.22. The lowest BCUT2D eigenvalue weighted by Gasteiger charge is -2.51. The lowest BCUT2D eigenvalue weighted by molar-refractivity contribution is -0.00988. The van der Waals surface area contributed by atoms with Crippen LogP contribution in [0.25, 0.3) is 0 Å². The Morgan fingerprint density at radius 1 is 0.500 bits per heavy atom. The molecule has 0 heteroatoms. The first-order valence-corrected chi connectivity index (χ1v) is 12.1. The van der Waals surface area contributed by atoms with E-state index in [1.807, 2.05) is 27.7 Å². The summed E-state index contributed by atoms with van der Waals surface area (Å²) >= 11 is 0. The molecule has 0 aromatic carbocycles. The van der Waals surface area contributed by atoms with Gasteiger partial charge in [0.1, 0.15) is 0 Å². The van der Waals surface area contributed by atoms with Crippen LogP contribution in [0.5, 0.6) is 0 Å². The molecule has 0 radical (unpaired) electrons. The van der Waals surface area contributed by atoms with Crippen LogP contribution < -0.4 is 0 Å². The number of hydrogen-bond acceptors (Lipinski definition) is 0. The molecule has 1 unspecified atom stereocenters. The second-order valence-corrected chi connectivity index (χ2v) is 11.4. The van der Waals surface area contributed by atoms with Crippen LogP contribution in [0.3, 0.4) is 0 Å². The van der Waals surface area contributed by atoms with Crippen molar-refractivity contribution in [3.8, 4) is 0 Å². The average molecular weight is 365 g/mol. The lowest BCUT2D eigenvalue weighted by atomic mass is 9.54. The van der Waals surface area contributed by atoms with Gasteiger partial charge >= 0.3 is 0 Å². The van der Waals surface area contributed by atoms with Gasteiger partial charge in [-0.3, -0.25) is 0 Å². The minimum absolute atomic E-state index is 0.579. The molecule has 1 atom stereocenters. The van der Waals surface area contributed by atoms with Crippen molar-refractivity contribution in [2.24, 2.45) is 46.3 Å². The van der Waals surface area contributed by atoms with Gasteiger partial charge < -0.3 is 0 Å². The van der Waals surface area contributed by atoms with Crippen molar-refractivity contribution in [3.63, 3.8) is 0 Å². The highest BCUT2D eigenvalue weighted by Gasteiger charge is 2.44. The summed E-state index contributed by atoms with van der Waals surface area (Å²) in [4.78, 5) is 0. The summed E-state index contributed by atoms with van der Waals surface area (Å²) in [6.45, 7) is 22.5. The highest BCUT2D eigenvalue weighted by molar-refractivity contribution is 4.94. The van der Waals surface area contributed by atoms with E-state index in [2.05, 4.69) is 41.5 Å². The molecule has 0 heterocycles. The Labute approximate surface area is 167 Å². The van der Waals surface area contributed by atoms with Crippen molar-refractivity contribution >= 4 is 0 Å². The third-order valence-electron chi connectivity index (χ3n) is 7.63. The van der Waals surface area contributed by atoms with Gasteiger partial charge in [-0.05, 0) is 91.3 Å². The number of hydrogen-bond donors (Lipinski definition) is 0. The van der Waals surface area contributed by atoms with Gasteiger partial charge in [0.25, 0.3) is 0 Å². The molecule has 4 bridgehead atoms. The predicted molar refractivity (Wildman–Crippen MR) is 119 cm³/mol. The van der Waals surface area contributed by atoms with Gasteiger partial charge in [0, 0.05) is 0 Å². The van der Waals surface area contributed by atoms with Crippen molar-refractivity contribution < 1.29 is 0 Å². The largest absolute Gasteiger partial charge is 0.0683 e. The van der Waals surface area contributed by atoms with Gasteiger partial charge in [-0.25, -0.2) is 0 Å². The fourth-order valence-corrected chi connectivity index (χ4v) is 6.01. The van der Waals surface area contributed by atoms with E-state index >= 15 is 0 Å². The SMILES string of the molecule is CC.CC.CC(C)(C)C1CC2CC(C2)C1.CC(C)(C)C1CCC2CC1C2. The Morgan fingerprint density at radius 2 is 0.962 bits per heavy atom. The zero-order valence-electron chi connectivity index (χ0n) is 20.1. The molecular weight excluding hydrogens is 312 g/mol. The van der Waals surface area contributed by atoms with Crippen LogP contribution in [0.4, 0.5) is 0 Å². The number of rotatable bonds is 0. The molecule has 0 nitrogen and oxygen atoms in total. The van der Waals surface area contributed by atoms with Crippen LogP contribution >= 0.6 is 0 Å². The molecule has 6 aliphatic carbocycles. The van der Waals surface area contributed by atoms with E-state index in [9.17, 15) is 0 Å². The fourth-order valence-electron chi connectivity index (χ4n) is 6.01. The highest BCUT2D eigenvalue weighted by Crippen LogP contribution is 2.54. The molecule has 0 amide bonds. The van der Waals surface area contributed by atoms with Crippen LogP contribution in [-0.2, 0) is 0 Å². The summed E-state index contributed by atoms with van der Waals surface area (Å²) in [7, 11) is 0. The summed E-state index contributed by atoms with van der Waals surface area (Å²) < 4.78 is 0. The van der Waals surface area contributed by atoms with E-state index in [1.54, 1.807) is 25.7 Å². The maximum Gasteiger partial charge on any atom is -0.0337 e. The van der Waals surface area contributed by atoms with Crippen LogP contribution in [0.1, 0.15) is 121 Å². The Balaban J connectivity index is 0.000000219. The first kappa shape index (κ1) is 24.0. The van der Waals surface area contributed by atoms with E-state index < -0.39 is 0 Å². The quantitative estimate of drug-likeness (QED) is 0.402. The third-order valence-corrected chi connectivity index (χ3v) is 7.63. The molecule has 6 fully saturated rings. The zero-order valence-corrected chi connectivity index (χ0v) is 20.1. The molecule has 6 aliphatic rings. The highest BCUT2D eigenvalue weighted by atomic mass is 14.5. The van der Waals surface area contributed by atoms with Gasteiger partial charge in [0.2, 0.25) is 0 Å². The smallest absolute Gasteiger partial charge is 0.0337 e. The van der Waals surface area contributed by atoms with Crippen molar-refractivity contribution in [1.29, 1.82) is 0 Å². The molecule has 156 valence electrons. The van der Waals surface area contributed by atoms with Crippen molar-refractivity contribution in [3.05, 3.63) is 0 Å². The van der Waals surface area contributed by atoms with Crippen molar-refractivity contribution in [2.45, 2.75) is 121 Å². The van der Waals surface area contributed by atoms with Crippen molar-refractivity contribution in [1.82, 2.24) is 0 Å². The standard InChI is InChI=1S/2C11H20.2C2H6/c1-11(2,3)10-6-8-4-9(5-8)7-10;1-11(2,3)10-5-4-8-6-9(10)7-8;2*1-2/h2*8-10H,4-7H2,1-3H3;2*1-2H3. The summed E-state index contributed by atoms with van der Waals surface area (Å²) in [5, 5.41) is 0. The van der Waals surface area contributed by atoms with Crippen LogP contribution in [0, 0.1) is 46.3 Å². The Hall–Kier alpha value is 0. The predicted octanol–water partition coefficient (Wildman–Crippen LogP) is 8.99. The second-order valence-electron chi connectivity index (χ2n) is 11.4. The van der Waals surface area contributed by atoms with Crippen LogP contribution in [-0.4, -0.2) is 0 Å². The van der Waals surface area contributed by atoms with Crippen molar-refractivity contribution in [2.75, 3.05) is 0 Å². The molecule has 0 saturated heterocycles. The van der Waals surface area contributed by atoms with E-state index in [4.69, 9.17) is 0 Å². The molecule has 0 aliphatic heterocycles. The van der Waals surface area contributed by atoms with E-state index in [0.29, 0.717) is 10.8 Å². The molecule has 6 rings (SSSR count). The molecule has 6 saturated carbocycles. The van der Waals surface area contributed by atoms with Gasteiger partial charge in [-0.2, -0.15) is 0 Å². The Morgan fingerprint density at radius 3 is 1.19 bits per heavy atom. The maximum absolute atomic E-state index is 2.41. The molecule has 26 heavy (non-hydrogen) atoms. The fraction of sp³-hybridized carbons (Fsp3) is 1.00. The van der Waals surface area contributed by atoms with Gasteiger partial charge in [0.15, 0.2) is 0 Å². The minimum atomic E-state index is 0.579. The topological polar surface area (TPSA) is 0 Å². The van der Waals surface area contributed by atoms with E-state index in [0.717, 1.165) is 35.5 Å². The first-order valence-electron chi connectivity index (χ1n) is 12.1. The molecule has 0 aromatic rings. The summed E-state index contributed by atoms with van der Waals surface area (Å²) in [6.07, 6.45) is 12.3. The average Bonchev–Trinajstić information content (AvgIpc) is 2.56. The third kappa shape index (κ3) is 6.27. The van der Waals surface area contributed by atoms with Gasteiger partial charge in [-0.15, -0.1) is 0 Å². The second kappa shape index (κ2) is 9.97.